The molecule has 0 aliphatic carbocycles. The van der Waals surface area contributed by atoms with Gasteiger partial charge in [-0.1, -0.05) is 0 Å². The van der Waals surface area contributed by atoms with Gasteiger partial charge in [-0.05, 0) is 50.5 Å². The van der Waals surface area contributed by atoms with Crippen LogP contribution in [0.3, 0.4) is 0 Å². The topological polar surface area (TPSA) is 84.9 Å². The standard InChI is InChI=1S/C19H22N2O5/c1-12-4-6-17(25-12)19(23)21-9-8-15-14(21)5-7-16(26-15)18(22)20-11-13-3-2-10-24-13/h2-4,6,10,14-16H,5,7-9,11H2,1H3,(H,20,22)/t14-,15-,16-/m1/s1. The molecule has 0 radical (unpaired) electrons. The fourth-order valence-electron chi connectivity index (χ4n) is 3.76. The van der Waals surface area contributed by atoms with E-state index in [-0.39, 0.29) is 24.0 Å². The third-order valence-corrected chi connectivity index (χ3v) is 5.07. The van der Waals surface area contributed by atoms with E-state index in [2.05, 4.69) is 5.32 Å². The number of hydrogen-bond donors (Lipinski definition) is 1. The van der Waals surface area contributed by atoms with Crippen LogP contribution in [-0.2, 0) is 16.1 Å². The number of aryl methyl sites for hydroxylation is 1. The summed E-state index contributed by atoms with van der Waals surface area (Å²) >= 11 is 0. The number of carbonyl (C=O) groups is 2. The summed E-state index contributed by atoms with van der Waals surface area (Å²) < 4.78 is 16.7. The van der Waals surface area contributed by atoms with Gasteiger partial charge in [-0.2, -0.15) is 0 Å². The molecule has 0 aromatic carbocycles. The number of furan rings is 2. The number of rotatable bonds is 4. The van der Waals surface area contributed by atoms with Crippen molar-refractivity contribution in [2.24, 2.45) is 0 Å². The van der Waals surface area contributed by atoms with Gasteiger partial charge in [0.1, 0.15) is 17.6 Å². The van der Waals surface area contributed by atoms with Crippen molar-refractivity contribution in [2.75, 3.05) is 6.54 Å². The van der Waals surface area contributed by atoms with E-state index >= 15 is 0 Å². The molecule has 2 amide bonds. The molecule has 2 fully saturated rings. The quantitative estimate of drug-likeness (QED) is 0.906. The highest BCUT2D eigenvalue weighted by Gasteiger charge is 2.44. The van der Waals surface area contributed by atoms with Crippen molar-refractivity contribution in [3.8, 4) is 0 Å². The Labute approximate surface area is 151 Å². The second-order valence-electron chi connectivity index (χ2n) is 6.80. The Morgan fingerprint density at radius 1 is 1.23 bits per heavy atom. The number of nitrogens with zero attached hydrogens (tertiary/aromatic N) is 1. The highest BCUT2D eigenvalue weighted by atomic mass is 16.5. The summed E-state index contributed by atoms with van der Waals surface area (Å²) in [6, 6.07) is 7.10. The summed E-state index contributed by atoms with van der Waals surface area (Å²) in [6.07, 6.45) is 3.06. The fraction of sp³-hybridized carbons (Fsp3) is 0.474. The first-order valence-corrected chi connectivity index (χ1v) is 8.95. The van der Waals surface area contributed by atoms with Gasteiger partial charge in [0, 0.05) is 6.54 Å². The number of ether oxygens (including phenoxy) is 1. The molecule has 26 heavy (non-hydrogen) atoms. The summed E-state index contributed by atoms with van der Waals surface area (Å²) in [6.45, 7) is 2.79. The van der Waals surface area contributed by atoms with Crippen LogP contribution < -0.4 is 5.32 Å². The van der Waals surface area contributed by atoms with Gasteiger partial charge in [-0.15, -0.1) is 0 Å². The molecule has 138 valence electrons. The van der Waals surface area contributed by atoms with Crippen molar-refractivity contribution in [1.82, 2.24) is 10.2 Å². The Kier molecular flexibility index (Phi) is 4.55. The normalized spacial score (nSPS) is 25.1. The van der Waals surface area contributed by atoms with E-state index in [0.29, 0.717) is 31.0 Å². The molecule has 1 N–H and O–H groups in total. The van der Waals surface area contributed by atoms with Crippen LogP contribution in [0.25, 0.3) is 0 Å². The third kappa shape index (κ3) is 3.26. The van der Waals surface area contributed by atoms with Crippen LogP contribution in [0.15, 0.2) is 39.4 Å². The predicted molar refractivity (Wildman–Crippen MR) is 91.3 cm³/mol. The van der Waals surface area contributed by atoms with Gasteiger partial charge in [0.15, 0.2) is 5.76 Å². The Hall–Kier alpha value is -2.54. The smallest absolute Gasteiger partial charge is 0.289 e. The number of amides is 2. The minimum Gasteiger partial charge on any atom is -0.467 e. The van der Waals surface area contributed by atoms with E-state index < -0.39 is 6.10 Å². The van der Waals surface area contributed by atoms with Gasteiger partial charge in [-0.25, -0.2) is 0 Å². The molecule has 3 atom stereocenters. The van der Waals surface area contributed by atoms with Gasteiger partial charge in [0.25, 0.3) is 5.91 Å². The zero-order valence-electron chi connectivity index (χ0n) is 14.6. The highest BCUT2D eigenvalue weighted by Crippen LogP contribution is 2.32. The summed E-state index contributed by atoms with van der Waals surface area (Å²) in [4.78, 5) is 26.8. The molecule has 0 spiro atoms. The molecule has 0 unspecified atom stereocenters. The number of fused-ring (bicyclic) bond motifs is 1. The maximum Gasteiger partial charge on any atom is 0.289 e. The molecule has 2 aromatic heterocycles. The fourth-order valence-corrected chi connectivity index (χ4v) is 3.76. The van der Waals surface area contributed by atoms with Crippen molar-refractivity contribution in [3.63, 3.8) is 0 Å². The summed E-state index contributed by atoms with van der Waals surface area (Å²) in [5.41, 5.74) is 0. The lowest BCUT2D eigenvalue weighted by molar-refractivity contribution is -0.143. The molecule has 0 saturated carbocycles. The monoisotopic (exact) mass is 358 g/mol. The van der Waals surface area contributed by atoms with Crippen LogP contribution in [-0.4, -0.2) is 41.5 Å². The van der Waals surface area contributed by atoms with Crippen molar-refractivity contribution in [2.45, 2.75) is 51.0 Å². The van der Waals surface area contributed by atoms with Crippen molar-refractivity contribution < 1.29 is 23.2 Å². The van der Waals surface area contributed by atoms with E-state index in [1.807, 2.05) is 17.9 Å². The molecular formula is C19H22N2O5. The minimum atomic E-state index is -0.480. The average Bonchev–Trinajstić information content (AvgIpc) is 3.39. The van der Waals surface area contributed by atoms with Gasteiger partial charge in [0.2, 0.25) is 5.91 Å². The maximum atomic E-state index is 12.7. The van der Waals surface area contributed by atoms with Crippen molar-refractivity contribution in [3.05, 3.63) is 47.8 Å². The Morgan fingerprint density at radius 3 is 2.85 bits per heavy atom. The average molecular weight is 358 g/mol. The SMILES string of the molecule is Cc1ccc(C(=O)N2CC[C@H]3O[C@@H](C(=O)NCc4ccco4)CC[C@H]32)o1. The first-order chi connectivity index (χ1) is 12.6. The van der Waals surface area contributed by atoms with Crippen LogP contribution in [0, 0.1) is 6.92 Å². The number of carbonyl (C=O) groups excluding carboxylic acids is 2. The molecule has 2 aliphatic heterocycles. The minimum absolute atomic E-state index is 0.00188. The lowest BCUT2D eigenvalue weighted by atomic mass is 9.98. The Balaban J connectivity index is 1.34. The molecule has 2 aromatic rings. The van der Waals surface area contributed by atoms with Gasteiger partial charge >= 0.3 is 0 Å². The predicted octanol–water partition coefficient (Wildman–Crippen LogP) is 2.26. The highest BCUT2D eigenvalue weighted by molar-refractivity contribution is 5.92. The van der Waals surface area contributed by atoms with Crippen LogP contribution in [0.2, 0.25) is 0 Å². The van der Waals surface area contributed by atoms with Crippen LogP contribution >= 0.6 is 0 Å². The lowest BCUT2D eigenvalue weighted by Crippen LogP contribution is -2.48. The van der Waals surface area contributed by atoms with Crippen LogP contribution in [0.4, 0.5) is 0 Å². The van der Waals surface area contributed by atoms with Gasteiger partial charge in [-0.3, -0.25) is 9.59 Å². The molecule has 2 aliphatic rings. The molecule has 4 rings (SSSR count). The van der Waals surface area contributed by atoms with Gasteiger partial charge in [0.05, 0.1) is 25.0 Å². The van der Waals surface area contributed by atoms with Gasteiger partial charge < -0.3 is 23.8 Å². The summed E-state index contributed by atoms with van der Waals surface area (Å²) in [5, 5.41) is 2.84. The third-order valence-electron chi connectivity index (χ3n) is 5.07. The van der Waals surface area contributed by atoms with Crippen LogP contribution in [0.1, 0.15) is 41.3 Å². The molecule has 4 heterocycles. The zero-order valence-corrected chi connectivity index (χ0v) is 14.6. The second-order valence-corrected chi connectivity index (χ2v) is 6.80. The van der Waals surface area contributed by atoms with E-state index in [0.717, 1.165) is 18.6 Å². The Morgan fingerprint density at radius 2 is 2.12 bits per heavy atom. The second kappa shape index (κ2) is 6.99. The number of nitrogens with one attached hydrogen (secondary N) is 1. The van der Waals surface area contributed by atoms with E-state index in [4.69, 9.17) is 13.6 Å². The first-order valence-electron chi connectivity index (χ1n) is 8.95. The zero-order chi connectivity index (χ0) is 18.1. The molecule has 7 heteroatoms. The molecule has 2 saturated heterocycles. The largest absolute Gasteiger partial charge is 0.467 e. The molecule has 0 bridgehead atoms. The van der Waals surface area contributed by atoms with Crippen molar-refractivity contribution in [1.29, 1.82) is 0 Å². The van der Waals surface area contributed by atoms with E-state index in [1.54, 1.807) is 24.5 Å². The Bertz CT molecular complexity index is 782. The number of likely N-dealkylation sites (tertiary alicyclic amines) is 1. The molecule has 7 nitrogen and oxygen atoms in total. The number of hydrogen-bond acceptors (Lipinski definition) is 5. The summed E-state index contributed by atoms with van der Waals surface area (Å²) in [5.74, 6) is 1.55. The van der Waals surface area contributed by atoms with Crippen molar-refractivity contribution >= 4 is 11.8 Å². The summed E-state index contributed by atoms with van der Waals surface area (Å²) in [7, 11) is 0. The van der Waals surface area contributed by atoms with E-state index in [9.17, 15) is 9.59 Å². The van der Waals surface area contributed by atoms with Crippen LogP contribution in [0.5, 0.6) is 0 Å². The lowest BCUT2D eigenvalue weighted by Gasteiger charge is -2.35. The maximum absolute atomic E-state index is 12.7. The molecular weight excluding hydrogens is 336 g/mol. The van der Waals surface area contributed by atoms with E-state index in [1.165, 1.54) is 0 Å². The first kappa shape index (κ1) is 16.9.